The molecule has 0 aromatic heterocycles. The van der Waals surface area contributed by atoms with E-state index in [1.165, 1.54) is 0 Å². The molecule has 0 fully saturated rings. The van der Waals surface area contributed by atoms with E-state index in [2.05, 4.69) is 11.8 Å². The molecule has 0 aliphatic heterocycles. The Morgan fingerprint density at radius 2 is 2.07 bits per heavy atom. The van der Waals surface area contributed by atoms with E-state index in [1.54, 1.807) is 7.11 Å². The summed E-state index contributed by atoms with van der Waals surface area (Å²) in [6.07, 6.45) is 0.807. The second-order valence-electron chi connectivity index (χ2n) is 3.99. The zero-order valence-electron chi connectivity index (χ0n) is 9.62. The highest BCUT2D eigenvalue weighted by Gasteiger charge is 2.17. The lowest BCUT2D eigenvalue weighted by atomic mass is 10.0. The largest absolute Gasteiger partial charge is 0.394 e. The summed E-state index contributed by atoms with van der Waals surface area (Å²) in [7, 11) is 1.70. The Labute approximate surface area is 87.0 Å². The third-order valence-corrected chi connectivity index (χ3v) is 2.42. The number of hydrogen-bond donors (Lipinski definition) is 2. The summed E-state index contributed by atoms with van der Waals surface area (Å²) in [5.41, 5.74) is 5.38. The van der Waals surface area contributed by atoms with Crippen molar-refractivity contribution < 1.29 is 9.84 Å². The molecule has 14 heavy (non-hydrogen) atoms. The van der Waals surface area contributed by atoms with Crippen molar-refractivity contribution in [3.05, 3.63) is 0 Å². The maximum absolute atomic E-state index is 8.99. The molecule has 0 radical (unpaired) electrons. The number of nitrogens with zero attached hydrogens (tertiary/aromatic N) is 1. The quantitative estimate of drug-likeness (QED) is 0.587. The number of nitrogens with two attached hydrogens (primary N) is 1. The lowest BCUT2D eigenvalue weighted by Gasteiger charge is -2.26. The molecule has 0 rings (SSSR count). The van der Waals surface area contributed by atoms with Crippen molar-refractivity contribution in [2.75, 3.05) is 40.0 Å². The number of ether oxygens (including phenoxy) is 1. The van der Waals surface area contributed by atoms with Gasteiger partial charge >= 0.3 is 0 Å². The van der Waals surface area contributed by atoms with Crippen LogP contribution in [0.2, 0.25) is 0 Å². The highest BCUT2D eigenvalue weighted by atomic mass is 16.5. The summed E-state index contributed by atoms with van der Waals surface area (Å²) in [5, 5.41) is 8.99. The van der Waals surface area contributed by atoms with E-state index in [0.29, 0.717) is 0 Å². The van der Waals surface area contributed by atoms with Gasteiger partial charge in [-0.1, -0.05) is 6.92 Å². The van der Waals surface area contributed by atoms with Gasteiger partial charge in [0.15, 0.2) is 0 Å². The SMILES string of the molecule is CCN(CCOC)CCC(C)(N)CO. The minimum atomic E-state index is -0.458. The molecule has 3 N–H and O–H groups in total. The van der Waals surface area contributed by atoms with Crippen LogP contribution in [0.5, 0.6) is 0 Å². The molecule has 0 aliphatic carbocycles. The summed E-state index contributed by atoms with van der Waals surface area (Å²) in [4.78, 5) is 2.27. The molecule has 0 saturated carbocycles. The van der Waals surface area contributed by atoms with Crippen LogP contribution in [0.1, 0.15) is 20.3 Å². The van der Waals surface area contributed by atoms with Crippen molar-refractivity contribution in [2.45, 2.75) is 25.8 Å². The highest BCUT2D eigenvalue weighted by Crippen LogP contribution is 2.05. The number of aliphatic hydroxyl groups is 1. The van der Waals surface area contributed by atoms with Gasteiger partial charge in [-0.2, -0.15) is 0 Å². The molecule has 0 spiro atoms. The second-order valence-corrected chi connectivity index (χ2v) is 3.99. The predicted molar refractivity (Wildman–Crippen MR) is 58.3 cm³/mol. The van der Waals surface area contributed by atoms with Gasteiger partial charge in [-0.25, -0.2) is 0 Å². The molecule has 0 saturated heterocycles. The first kappa shape index (κ1) is 13.8. The fourth-order valence-corrected chi connectivity index (χ4v) is 1.14. The molecule has 0 heterocycles. The van der Waals surface area contributed by atoms with Gasteiger partial charge < -0.3 is 20.5 Å². The number of aliphatic hydroxyl groups excluding tert-OH is 1. The topological polar surface area (TPSA) is 58.7 Å². The molecule has 0 aromatic carbocycles. The second kappa shape index (κ2) is 7.17. The normalized spacial score (nSPS) is 15.9. The number of methoxy groups -OCH3 is 1. The van der Waals surface area contributed by atoms with Crippen LogP contribution in [0, 0.1) is 0 Å². The maximum Gasteiger partial charge on any atom is 0.0608 e. The van der Waals surface area contributed by atoms with Crippen molar-refractivity contribution in [3.63, 3.8) is 0 Å². The van der Waals surface area contributed by atoms with Crippen molar-refractivity contribution in [1.29, 1.82) is 0 Å². The minimum Gasteiger partial charge on any atom is -0.394 e. The molecule has 4 heteroatoms. The average Bonchev–Trinajstić information content (AvgIpc) is 2.18. The van der Waals surface area contributed by atoms with Crippen molar-refractivity contribution in [2.24, 2.45) is 5.73 Å². The van der Waals surface area contributed by atoms with E-state index < -0.39 is 5.54 Å². The summed E-state index contributed by atoms with van der Waals surface area (Å²) >= 11 is 0. The molecule has 1 atom stereocenters. The predicted octanol–water partition coefficient (Wildman–Crippen LogP) is 0.0545. The molecule has 1 unspecified atom stereocenters. The summed E-state index contributed by atoms with van der Waals surface area (Å²) in [6, 6.07) is 0. The molecule has 0 bridgehead atoms. The number of rotatable bonds is 8. The third-order valence-electron chi connectivity index (χ3n) is 2.42. The molecular weight excluding hydrogens is 180 g/mol. The standard InChI is InChI=1S/C10H24N2O2/c1-4-12(7-8-14-3)6-5-10(2,11)9-13/h13H,4-9,11H2,1-3H3. The van der Waals surface area contributed by atoms with Crippen LogP contribution in [0.25, 0.3) is 0 Å². The van der Waals surface area contributed by atoms with Gasteiger partial charge in [-0.15, -0.1) is 0 Å². The van der Waals surface area contributed by atoms with Crippen molar-refractivity contribution in [3.8, 4) is 0 Å². The van der Waals surface area contributed by atoms with E-state index in [-0.39, 0.29) is 6.61 Å². The third kappa shape index (κ3) is 6.32. The van der Waals surface area contributed by atoms with E-state index in [1.807, 2.05) is 6.92 Å². The van der Waals surface area contributed by atoms with Crippen LogP contribution in [-0.2, 0) is 4.74 Å². The Kier molecular flexibility index (Phi) is 7.09. The van der Waals surface area contributed by atoms with E-state index in [4.69, 9.17) is 15.6 Å². The van der Waals surface area contributed by atoms with Gasteiger partial charge in [0.05, 0.1) is 13.2 Å². The fourth-order valence-electron chi connectivity index (χ4n) is 1.14. The first-order valence-electron chi connectivity index (χ1n) is 5.16. The van der Waals surface area contributed by atoms with E-state index >= 15 is 0 Å². The van der Waals surface area contributed by atoms with Gasteiger partial charge in [0.25, 0.3) is 0 Å². The van der Waals surface area contributed by atoms with E-state index in [0.717, 1.165) is 32.7 Å². The van der Waals surface area contributed by atoms with Gasteiger partial charge in [0.2, 0.25) is 0 Å². The zero-order chi connectivity index (χ0) is 11.0. The Morgan fingerprint density at radius 1 is 1.43 bits per heavy atom. The maximum atomic E-state index is 8.99. The number of likely N-dealkylation sites (N-methyl/N-ethyl adjacent to an activating group) is 1. The summed E-state index contributed by atoms with van der Waals surface area (Å²) < 4.78 is 5.01. The van der Waals surface area contributed by atoms with E-state index in [9.17, 15) is 0 Å². The Morgan fingerprint density at radius 3 is 2.50 bits per heavy atom. The van der Waals surface area contributed by atoms with Crippen LogP contribution >= 0.6 is 0 Å². The van der Waals surface area contributed by atoms with Crippen LogP contribution in [0.15, 0.2) is 0 Å². The zero-order valence-corrected chi connectivity index (χ0v) is 9.62. The monoisotopic (exact) mass is 204 g/mol. The summed E-state index contributed by atoms with van der Waals surface area (Å²) in [6.45, 7) is 7.59. The Bertz CT molecular complexity index is 140. The van der Waals surface area contributed by atoms with Gasteiger partial charge in [-0.3, -0.25) is 0 Å². The highest BCUT2D eigenvalue weighted by molar-refractivity contribution is 4.78. The number of hydrogen-bond acceptors (Lipinski definition) is 4. The van der Waals surface area contributed by atoms with Gasteiger partial charge in [-0.05, 0) is 19.9 Å². The molecule has 0 amide bonds. The molecule has 86 valence electrons. The van der Waals surface area contributed by atoms with Gasteiger partial charge in [0.1, 0.15) is 0 Å². The minimum absolute atomic E-state index is 0.0365. The molecule has 0 aliphatic rings. The van der Waals surface area contributed by atoms with Crippen molar-refractivity contribution in [1.82, 2.24) is 4.90 Å². The Balaban J connectivity index is 3.71. The summed E-state index contributed by atoms with van der Waals surface area (Å²) in [5.74, 6) is 0. The lowest BCUT2D eigenvalue weighted by Crippen LogP contribution is -2.44. The van der Waals surface area contributed by atoms with Crippen molar-refractivity contribution >= 4 is 0 Å². The average molecular weight is 204 g/mol. The lowest BCUT2D eigenvalue weighted by molar-refractivity contribution is 0.135. The van der Waals surface area contributed by atoms with Gasteiger partial charge in [0, 0.05) is 25.7 Å². The fraction of sp³-hybridized carbons (Fsp3) is 1.00. The first-order valence-corrected chi connectivity index (χ1v) is 5.16. The first-order chi connectivity index (χ1) is 6.55. The molecule has 0 aromatic rings. The van der Waals surface area contributed by atoms with Crippen LogP contribution < -0.4 is 5.73 Å². The van der Waals surface area contributed by atoms with Crippen LogP contribution in [0.4, 0.5) is 0 Å². The van der Waals surface area contributed by atoms with Crippen LogP contribution in [-0.4, -0.2) is 55.5 Å². The molecule has 4 nitrogen and oxygen atoms in total. The molecular formula is C10H24N2O2. The smallest absolute Gasteiger partial charge is 0.0608 e. The Hall–Kier alpha value is -0.160. The van der Waals surface area contributed by atoms with Crippen LogP contribution in [0.3, 0.4) is 0 Å².